The Kier molecular flexibility index (Phi) is 6.64. The van der Waals surface area contributed by atoms with Crippen LogP contribution in [0.15, 0.2) is 69.7 Å². The lowest BCUT2D eigenvalue weighted by molar-refractivity contribution is -0.114. The molecule has 3 heterocycles. The number of furan rings is 1. The van der Waals surface area contributed by atoms with E-state index >= 15 is 0 Å². The summed E-state index contributed by atoms with van der Waals surface area (Å²) in [7, 11) is 0. The maximum Gasteiger partial charge on any atom is 0.335 e. The molecule has 0 bridgehead atoms. The zero-order valence-corrected chi connectivity index (χ0v) is 20.6. The molecule has 1 saturated heterocycles. The molecule has 1 aromatic heterocycles. The molecule has 0 spiro atoms. The van der Waals surface area contributed by atoms with Gasteiger partial charge in [0, 0.05) is 18.7 Å². The van der Waals surface area contributed by atoms with Gasteiger partial charge < -0.3 is 19.2 Å². The molecule has 1 N–H and O–H groups in total. The molecule has 0 unspecified atom stereocenters. The first-order valence-corrected chi connectivity index (χ1v) is 11.9. The highest BCUT2D eigenvalue weighted by Crippen LogP contribution is 2.30. The van der Waals surface area contributed by atoms with Crippen LogP contribution in [0.1, 0.15) is 33.4 Å². The summed E-state index contributed by atoms with van der Waals surface area (Å²) in [4.78, 5) is 39.1. The number of amides is 2. The fourth-order valence-corrected chi connectivity index (χ4v) is 4.34. The number of hydrogen-bond acceptors (Lipinski definition) is 6. The van der Waals surface area contributed by atoms with Crippen molar-refractivity contribution in [3.63, 3.8) is 0 Å². The average molecular weight is 520 g/mol. The van der Waals surface area contributed by atoms with Crippen molar-refractivity contribution in [1.82, 2.24) is 4.90 Å². The lowest BCUT2D eigenvalue weighted by Crippen LogP contribution is -2.40. The van der Waals surface area contributed by atoms with Crippen LogP contribution >= 0.6 is 11.6 Å². The van der Waals surface area contributed by atoms with E-state index in [1.165, 1.54) is 17.1 Å². The number of halogens is 1. The van der Waals surface area contributed by atoms with Gasteiger partial charge in [0.25, 0.3) is 11.8 Å². The van der Waals surface area contributed by atoms with Crippen LogP contribution in [-0.2, 0) is 9.53 Å². The molecule has 2 aliphatic heterocycles. The number of anilines is 1. The highest BCUT2D eigenvalue weighted by molar-refractivity contribution is 6.34. The smallest absolute Gasteiger partial charge is 0.335 e. The van der Waals surface area contributed by atoms with Crippen molar-refractivity contribution in [2.24, 2.45) is 5.10 Å². The average Bonchev–Trinajstić information content (AvgIpc) is 3.49. The maximum absolute atomic E-state index is 13.1. The summed E-state index contributed by atoms with van der Waals surface area (Å²) in [5.74, 6) is -0.733. The highest BCUT2D eigenvalue weighted by atomic mass is 35.5. The number of hydrogen-bond donors (Lipinski definition) is 1. The fourth-order valence-electron chi connectivity index (χ4n) is 4.14. The van der Waals surface area contributed by atoms with Crippen molar-refractivity contribution in [2.75, 3.05) is 31.3 Å². The lowest BCUT2D eigenvalue weighted by atomic mass is 10.1. The van der Waals surface area contributed by atoms with Crippen molar-refractivity contribution < 1.29 is 28.6 Å². The summed E-state index contributed by atoms with van der Waals surface area (Å²) >= 11 is 6.33. The maximum atomic E-state index is 13.1. The third-order valence-corrected chi connectivity index (χ3v) is 6.42. The van der Waals surface area contributed by atoms with Gasteiger partial charge in [-0.2, -0.15) is 10.1 Å². The van der Waals surface area contributed by atoms with Crippen LogP contribution in [0.5, 0.6) is 0 Å². The predicted octanol–water partition coefficient (Wildman–Crippen LogP) is 4.58. The van der Waals surface area contributed by atoms with Crippen molar-refractivity contribution in [1.29, 1.82) is 0 Å². The Balaban J connectivity index is 1.39. The van der Waals surface area contributed by atoms with Gasteiger partial charge >= 0.3 is 5.97 Å². The van der Waals surface area contributed by atoms with Crippen molar-refractivity contribution in [3.05, 3.63) is 82.1 Å². The van der Waals surface area contributed by atoms with Gasteiger partial charge in [-0.25, -0.2) is 4.79 Å². The van der Waals surface area contributed by atoms with Gasteiger partial charge in [0.05, 0.1) is 46.3 Å². The van der Waals surface area contributed by atoms with Crippen molar-refractivity contribution >= 4 is 46.9 Å². The molecule has 37 heavy (non-hydrogen) atoms. The zero-order valence-electron chi connectivity index (χ0n) is 19.8. The van der Waals surface area contributed by atoms with Crippen molar-refractivity contribution in [2.45, 2.75) is 6.92 Å². The Morgan fingerprint density at radius 1 is 1.08 bits per heavy atom. The molecule has 3 aromatic rings. The molecular weight excluding hydrogens is 498 g/mol. The Morgan fingerprint density at radius 2 is 1.86 bits per heavy atom. The number of aromatic carboxylic acids is 1. The largest absolute Gasteiger partial charge is 0.478 e. The van der Waals surface area contributed by atoms with Gasteiger partial charge in [-0.15, -0.1) is 0 Å². The number of benzene rings is 2. The molecule has 9 nitrogen and oxygen atoms in total. The predicted molar refractivity (Wildman–Crippen MR) is 138 cm³/mol. The molecule has 2 aliphatic rings. The van der Waals surface area contributed by atoms with Gasteiger partial charge in [0.1, 0.15) is 11.5 Å². The van der Waals surface area contributed by atoms with Crippen LogP contribution < -0.4 is 5.01 Å². The minimum absolute atomic E-state index is 0.0562. The normalized spacial score (nSPS) is 16.9. The SMILES string of the molecule is CC1=NN(c2cccc(C(=O)O)c2)C(=O)C1=Cc1ccc(-c2ccc(Cl)c(C(=O)N3CCOCC3)c2)o1. The molecule has 2 aromatic carbocycles. The summed E-state index contributed by atoms with van der Waals surface area (Å²) in [5.41, 5.74) is 2.24. The molecular formula is C27H22ClN3O6. The minimum Gasteiger partial charge on any atom is -0.478 e. The second kappa shape index (κ2) is 10.0. The first kappa shape index (κ1) is 24.5. The van der Waals surface area contributed by atoms with E-state index in [4.69, 9.17) is 20.8 Å². The number of hydrazone groups is 1. The summed E-state index contributed by atoms with van der Waals surface area (Å²) in [6.07, 6.45) is 1.58. The van der Waals surface area contributed by atoms with E-state index in [2.05, 4.69) is 5.10 Å². The summed E-state index contributed by atoms with van der Waals surface area (Å²) in [5, 5.41) is 15.1. The Morgan fingerprint density at radius 3 is 2.62 bits per heavy atom. The van der Waals surface area contributed by atoms with E-state index in [-0.39, 0.29) is 11.5 Å². The number of carbonyl (C=O) groups excluding carboxylic acids is 2. The van der Waals surface area contributed by atoms with E-state index in [9.17, 15) is 19.5 Å². The van der Waals surface area contributed by atoms with Crippen LogP contribution in [0.4, 0.5) is 5.69 Å². The number of ether oxygens (including phenoxy) is 1. The van der Waals surface area contributed by atoms with E-state index in [0.29, 0.717) is 70.9 Å². The second-order valence-electron chi connectivity index (χ2n) is 8.52. The van der Waals surface area contributed by atoms with Gasteiger partial charge in [-0.05, 0) is 61.5 Å². The van der Waals surface area contributed by atoms with Gasteiger partial charge in [0.15, 0.2) is 0 Å². The van der Waals surface area contributed by atoms with Gasteiger partial charge in [0.2, 0.25) is 0 Å². The minimum atomic E-state index is -1.09. The van der Waals surface area contributed by atoms with E-state index < -0.39 is 11.9 Å². The lowest BCUT2D eigenvalue weighted by Gasteiger charge is -2.27. The molecule has 188 valence electrons. The zero-order chi connectivity index (χ0) is 26.1. The van der Waals surface area contributed by atoms with Crippen LogP contribution in [0.3, 0.4) is 0 Å². The third kappa shape index (κ3) is 4.91. The number of morpholine rings is 1. The van der Waals surface area contributed by atoms with E-state index in [1.54, 1.807) is 60.4 Å². The van der Waals surface area contributed by atoms with Crippen LogP contribution in [-0.4, -0.2) is 59.8 Å². The monoisotopic (exact) mass is 519 g/mol. The molecule has 0 aliphatic carbocycles. The number of rotatable bonds is 5. The number of nitrogens with zero attached hydrogens (tertiary/aromatic N) is 3. The fraction of sp³-hybridized carbons (Fsp3) is 0.185. The van der Waals surface area contributed by atoms with Crippen LogP contribution in [0.25, 0.3) is 17.4 Å². The first-order chi connectivity index (χ1) is 17.8. The van der Waals surface area contributed by atoms with Crippen LogP contribution in [0.2, 0.25) is 5.02 Å². The topological polar surface area (TPSA) is 113 Å². The molecule has 0 saturated carbocycles. The molecule has 0 atom stereocenters. The number of carboxylic acid groups (broad SMARTS) is 1. The summed E-state index contributed by atoms with van der Waals surface area (Å²) in [6.45, 7) is 3.68. The molecule has 0 radical (unpaired) electrons. The van der Waals surface area contributed by atoms with Crippen LogP contribution in [0, 0.1) is 0 Å². The van der Waals surface area contributed by atoms with Gasteiger partial charge in [-0.1, -0.05) is 17.7 Å². The van der Waals surface area contributed by atoms with E-state index in [0.717, 1.165) is 0 Å². The molecule has 1 fully saturated rings. The quantitative estimate of drug-likeness (QED) is 0.494. The molecule has 10 heteroatoms. The molecule has 2 amide bonds. The summed E-state index contributed by atoms with van der Waals surface area (Å²) < 4.78 is 11.3. The van der Waals surface area contributed by atoms with E-state index in [1.807, 2.05) is 0 Å². The number of carboxylic acids is 1. The highest BCUT2D eigenvalue weighted by Gasteiger charge is 2.29. The Hall–Kier alpha value is -4.21. The van der Waals surface area contributed by atoms with Gasteiger partial charge in [-0.3, -0.25) is 9.59 Å². The Bertz CT molecular complexity index is 1470. The number of carbonyl (C=O) groups is 3. The standard InChI is InChI=1S/C27H22ClN3O6/c1-16-21(26(33)31(29-16)19-4-2-3-18(13-19)27(34)35)15-20-6-8-24(37-20)17-5-7-23(28)22(14-17)25(32)30-9-11-36-12-10-30/h2-8,13-15H,9-12H2,1H3,(H,34,35). The second-order valence-corrected chi connectivity index (χ2v) is 8.92. The summed E-state index contributed by atoms with van der Waals surface area (Å²) in [6, 6.07) is 14.6. The third-order valence-electron chi connectivity index (χ3n) is 6.09. The van der Waals surface area contributed by atoms with Crippen molar-refractivity contribution in [3.8, 4) is 11.3 Å². The first-order valence-electron chi connectivity index (χ1n) is 11.5. The Labute approximate surface area is 217 Å². The molecule has 5 rings (SSSR count).